The molecule has 0 bridgehead atoms. The summed E-state index contributed by atoms with van der Waals surface area (Å²) in [4.78, 5) is 5.48. The molecule has 3 nitrogen and oxygen atoms in total. The van der Waals surface area contributed by atoms with Gasteiger partial charge in [-0.05, 0) is 12.3 Å². The number of hydrogen-bond donors (Lipinski definition) is 2. The normalized spacial score (nSPS) is 14.2. The van der Waals surface area contributed by atoms with E-state index in [1.165, 1.54) is 4.88 Å². The number of nitrogens with two attached hydrogens (primary N) is 1. The molecule has 0 fully saturated rings. The number of thiazole rings is 1. The maximum absolute atomic E-state index is 6.05. The molecular weight excluding hydrogens is 206 g/mol. The molecule has 0 spiro atoms. The third kappa shape index (κ3) is 4.28. The minimum absolute atomic E-state index is 0.163. The van der Waals surface area contributed by atoms with Gasteiger partial charge in [-0.15, -0.1) is 11.3 Å². The molecule has 1 heterocycles. The highest BCUT2D eigenvalue weighted by atomic mass is 32.1. The van der Waals surface area contributed by atoms with Crippen LogP contribution in [0.3, 0.4) is 0 Å². The first kappa shape index (κ1) is 12.6. The first-order valence-corrected chi connectivity index (χ1v) is 6.09. The molecule has 1 aromatic heterocycles. The van der Waals surface area contributed by atoms with Gasteiger partial charge in [0.2, 0.25) is 0 Å². The van der Waals surface area contributed by atoms with Crippen molar-refractivity contribution in [3.63, 3.8) is 0 Å². The van der Waals surface area contributed by atoms with Crippen molar-refractivity contribution in [1.82, 2.24) is 10.3 Å². The Hall–Kier alpha value is -0.450. The fraction of sp³-hybridized carbons (Fsp3) is 0.727. The van der Waals surface area contributed by atoms with Crippen molar-refractivity contribution < 1.29 is 0 Å². The highest BCUT2D eigenvalue weighted by molar-refractivity contribution is 7.11. The Morgan fingerprint density at radius 2 is 2.20 bits per heavy atom. The van der Waals surface area contributed by atoms with Crippen molar-refractivity contribution in [2.24, 2.45) is 11.1 Å². The third-order valence-corrected chi connectivity index (χ3v) is 3.36. The van der Waals surface area contributed by atoms with Crippen molar-refractivity contribution in [2.75, 3.05) is 6.54 Å². The van der Waals surface area contributed by atoms with Gasteiger partial charge in [0.15, 0.2) is 0 Å². The monoisotopic (exact) mass is 227 g/mol. The van der Waals surface area contributed by atoms with E-state index in [4.69, 9.17) is 5.73 Å². The molecule has 15 heavy (non-hydrogen) atoms. The molecule has 1 atom stereocenters. The Morgan fingerprint density at radius 1 is 1.53 bits per heavy atom. The summed E-state index contributed by atoms with van der Waals surface area (Å²) in [5.74, 6) is 0. The van der Waals surface area contributed by atoms with E-state index in [1.54, 1.807) is 11.3 Å². The number of aromatic nitrogens is 1. The van der Waals surface area contributed by atoms with Crippen LogP contribution in [0.4, 0.5) is 0 Å². The van der Waals surface area contributed by atoms with Crippen LogP contribution in [0.5, 0.6) is 0 Å². The zero-order chi connectivity index (χ0) is 11.5. The quantitative estimate of drug-likeness (QED) is 0.826. The van der Waals surface area contributed by atoms with Crippen LogP contribution in [-0.4, -0.2) is 17.6 Å². The molecule has 0 saturated heterocycles. The maximum atomic E-state index is 6.05. The van der Waals surface area contributed by atoms with Gasteiger partial charge in [0.05, 0.1) is 5.01 Å². The van der Waals surface area contributed by atoms with Gasteiger partial charge in [-0.2, -0.15) is 0 Å². The molecule has 0 aliphatic carbocycles. The second-order valence-corrected chi connectivity index (χ2v) is 6.27. The van der Waals surface area contributed by atoms with Gasteiger partial charge in [-0.25, -0.2) is 4.98 Å². The summed E-state index contributed by atoms with van der Waals surface area (Å²) < 4.78 is 0. The number of aryl methyl sites for hydroxylation is 1. The smallest absolute Gasteiger partial charge is 0.0897 e. The maximum Gasteiger partial charge on any atom is 0.0897 e. The number of nitrogens with one attached hydrogen (secondary N) is 1. The number of nitrogens with zero attached hydrogens (tertiary/aromatic N) is 1. The molecule has 0 saturated carbocycles. The first-order valence-electron chi connectivity index (χ1n) is 5.27. The van der Waals surface area contributed by atoms with Gasteiger partial charge >= 0.3 is 0 Å². The Morgan fingerprint density at radius 3 is 2.67 bits per heavy atom. The summed E-state index contributed by atoms with van der Waals surface area (Å²) in [6, 6.07) is 0.187. The van der Waals surface area contributed by atoms with Crippen LogP contribution in [0, 0.1) is 12.3 Å². The van der Waals surface area contributed by atoms with E-state index >= 15 is 0 Å². The predicted octanol–water partition coefficient (Wildman–Crippen LogP) is 1.91. The zero-order valence-corrected chi connectivity index (χ0v) is 10.8. The molecule has 0 aliphatic heterocycles. The molecule has 3 N–H and O–H groups in total. The first-order chi connectivity index (χ1) is 6.89. The lowest BCUT2D eigenvalue weighted by molar-refractivity contribution is 0.309. The number of hydrogen-bond acceptors (Lipinski definition) is 4. The van der Waals surface area contributed by atoms with Gasteiger partial charge in [0.25, 0.3) is 0 Å². The van der Waals surface area contributed by atoms with Crippen LogP contribution in [0.1, 0.15) is 30.7 Å². The van der Waals surface area contributed by atoms with Gasteiger partial charge < -0.3 is 11.1 Å². The van der Waals surface area contributed by atoms with Gasteiger partial charge in [0, 0.05) is 30.2 Å². The van der Waals surface area contributed by atoms with E-state index < -0.39 is 0 Å². The summed E-state index contributed by atoms with van der Waals surface area (Å²) in [6.07, 6.45) is 1.93. The average Bonchev–Trinajstić information content (AvgIpc) is 2.49. The molecule has 0 amide bonds. The van der Waals surface area contributed by atoms with E-state index in [0.717, 1.165) is 18.1 Å². The molecule has 0 radical (unpaired) electrons. The Bertz CT molecular complexity index is 301. The molecule has 1 unspecified atom stereocenters. The van der Waals surface area contributed by atoms with Crippen molar-refractivity contribution in [1.29, 1.82) is 0 Å². The highest BCUT2D eigenvalue weighted by Gasteiger charge is 2.19. The van der Waals surface area contributed by atoms with E-state index in [9.17, 15) is 0 Å². The van der Waals surface area contributed by atoms with Crippen molar-refractivity contribution in [3.05, 3.63) is 16.1 Å². The lowest BCUT2D eigenvalue weighted by atomic mass is 9.87. The van der Waals surface area contributed by atoms with E-state index in [2.05, 4.69) is 31.1 Å². The second kappa shape index (κ2) is 5.05. The summed E-state index contributed by atoms with van der Waals surface area (Å²) in [6.45, 7) is 10.2. The van der Waals surface area contributed by atoms with Crippen LogP contribution in [0.2, 0.25) is 0 Å². The molecule has 0 aliphatic rings. The Labute approximate surface area is 96.1 Å². The van der Waals surface area contributed by atoms with E-state index in [-0.39, 0.29) is 11.5 Å². The Kier molecular flexibility index (Phi) is 4.25. The van der Waals surface area contributed by atoms with E-state index in [1.807, 2.05) is 13.1 Å². The summed E-state index contributed by atoms with van der Waals surface area (Å²) in [5, 5.41) is 4.48. The molecule has 1 rings (SSSR count). The van der Waals surface area contributed by atoms with Crippen LogP contribution in [-0.2, 0) is 6.54 Å². The van der Waals surface area contributed by atoms with E-state index in [0.29, 0.717) is 0 Å². The molecular formula is C11H21N3S. The summed E-state index contributed by atoms with van der Waals surface area (Å²) >= 11 is 1.73. The summed E-state index contributed by atoms with van der Waals surface area (Å²) in [5.41, 5.74) is 6.21. The van der Waals surface area contributed by atoms with Crippen LogP contribution in [0.25, 0.3) is 0 Å². The molecule has 86 valence electrons. The van der Waals surface area contributed by atoms with Crippen molar-refractivity contribution in [2.45, 2.75) is 40.3 Å². The number of rotatable bonds is 4. The van der Waals surface area contributed by atoms with Gasteiger partial charge in [-0.3, -0.25) is 0 Å². The van der Waals surface area contributed by atoms with Gasteiger partial charge in [-0.1, -0.05) is 20.8 Å². The third-order valence-electron chi connectivity index (χ3n) is 2.44. The molecule has 1 aromatic rings. The average molecular weight is 227 g/mol. The topological polar surface area (TPSA) is 50.9 Å². The second-order valence-electron chi connectivity index (χ2n) is 4.95. The van der Waals surface area contributed by atoms with Crippen LogP contribution in [0.15, 0.2) is 6.20 Å². The standard InChI is InChI=1S/C11H21N3S/c1-8-14-6-9(15-8)5-13-7-10(12)11(2,3)4/h6,10,13H,5,7,12H2,1-4H3. The SMILES string of the molecule is Cc1ncc(CNCC(N)C(C)(C)C)s1. The fourth-order valence-electron chi connectivity index (χ4n) is 1.14. The largest absolute Gasteiger partial charge is 0.326 e. The minimum Gasteiger partial charge on any atom is -0.326 e. The lowest BCUT2D eigenvalue weighted by Gasteiger charge is -2.27. The van der Waals surface area contributed by atoms with Crippen LogP contribution >= 0.6 is 11.3 Å². The van der Waals surface area contributed by atoms with Gasteiger partial charge in [0.1, 0.15) is 0 Å². The Balaban J connectivity index is 2.28. The predicted molar refractivity (Wildman–Crippen MR) is 66.0 cm³/mol. The highest BCUT2D eigenvalue weighted by Crippen LogP contribution is 2.16. The fourth-order valence-corrected chi connectivity index (χ4v) is 1.91. The van der Waals surface area contributed by atoms with Crippen LogP contribution < -0.4 is 11.1 Å². The minimum atomic E-state index is 0.163. The van der Waals surface area contributed by atoms with Crippen molar-refractivity contribution >= 4 is 11.3 Å². The molecule has 0 aromatic carbocycles. The molecule has 4 heteroatoms. The zero-order valence-electron chi connectivity index (χ0n) is 10.0. The van der Waals surface area contributed by atoms with Crippen molar-refractivity contribution in [3.8, 4) is 0 Å². The lowest BCUT2D eigenvalue weighted by Crippen LogP contribution is -2.43. The summed E-state index contributed by atoms with van der Waals surface area (Å²) in [7, 11) is 0.